The van der Waals surface area contributed by atoms with Crippen molar-refractivity contribution in [2.24, 2.45) is 0 Å². The number of aromatic nitrogens is 3. The molecule has 1 heterocycles. The minimum atomic E-state index is -1.01. The van der Waals surface area contributed by atoms with E-state index in [9.17, 15) is 30.3 Å². The number of fused-ring (bicyclic) bond motifs is 1. The van der Waals surface area contributed by atoms with Gasteiger partial charge in [-0.2, -0.15) is 0 Å². The molecule has 1 aromatic carbocycles. The van der Waals surface area contributed by atoms with Gasteiger partial charge in [0.05, 0.1) is 31.8 Å². The van der Waals surface area contributed by atoms with Gasteiger partial charge >= 0.3 is 11.4 Å². The molecule has 0 amide bonds. The average Bonchev–Trinajstić information content (AvgIpc) is 2.69. The van der Waals surface area contributed by atoms with Crippen molar-refractivity contribution in [2.45, 2.75) is 0 Å². The second kappa shape index (κ2) is 3.69. The Morgan fingerprint density at radius 1 is 1.00 bits per heavy atom. The summed E-state index contributed by atoms with van der Waals surface area (Å²) in [5.74, 6) is 0. The minimum absolute atomic E-state index is 0.177. The zero-order valence-electron chi connectivity index (χ0n) is 8.29. The SMILES string of the molecule is O=[N+]([O-])c1cc2nnn([N+](=O)[O-])c2cc1[N+](=O)[O-]. The first kappa shape index (κ1) is 11.3. The van der Waals surface area contributed by atoms with Crippen LogP contribution in [0.5, 0.6) is 0 Å². The molecule has 0 saturated heterocycles. The van der Waals surface area contributed by atoms with Gasteiger partial charge in [0.2, 0.25) is 0 Å². The van der Waals surface area contributed by atoms with Gasteiger partial charge in [-0.25, -0.2) is 0 Å². The number of benzene rings is 1. The molecule has 2 rings (SSSR count). The van der Waals surface area contributed by atoms with E-state index < -0.39 is 26.3 Å². The first-order valence-electron chi connectivity index (χ1n) is 4.24. The van der Waals surface area contributed by atoms with E-state index in [1.807, 2.05) is 0 Å². The fourth-order valence-corrected chi connectivity index (χ4v) is 1.35. The summed E-state index contributed by atoms with van der Waals surface area (Å²) in [6.45, 7) is 0. The normalized spacial score (nSPS) is 10.4. The van der Waals surface area contributed by atoms with Crippen molar-refractivity contribution < 1.29 is 14.9 Å². The van der Waals surface area contributed by atoms with Crippen LogP contribution in [0.25, 0.3) is 11.0 Å². The van der Waals surface area contributed by atoms with E-state index in [-0.39, 0.29) is 15.8 Å². The number of nitro benzene ring substituents is 2. The fraction of sp³-hybridized carbons (Fsp3) is 0. The van der Waals surface area contributed by atoms with Crippen LogP contribution in [0.2, 0.25) is 0 Å². The Morgan fingerprint density at radius 3 is 2.06 bits per heavy atom. The summed E-state index contributed by atoms with van der Waals surface area (Å²) in [4.78, 5) is 30.0. The van der Waals surface area contributed by atoms with Gasteiger partial charge in [-0.3, -0.25) is 20.2 Å². The highest BCUT2D eigenvalue weighted by atomic mass is 16.7. The van der Waals surface area contributed by atoms with Crippen molar-refractivity contribution in [1.29, 1.82) is 0 Å². The van der Waals surface area contributed by atoms with Crippen LogP contribution in [0.15, 0.2) is 12.1 Å². The van der Waals surface area contributed by atoms with Crippen molar-refractivity contribution in [1.82, 2.24) is 15.1 Å². The summed E-state index contributed by atoms with van der Waals surface area (Å²) in [6, 6.07) is 1.46. The Hall–Kier alpha value is -3.18. The number of hydrogen-bond acceptors (Lipinski definition) is 8. The molecule has 0 unspecified atom stereocenters. The van der Waals surface area contributed by atoms with Crippen LogP contribution in [-0.2, 0) is 0 Å². The molecule has 12 nitrogen and oxygen atoms in total. The Morgan fingerprint density at radius 2 is 1.56 bits per heavy atom. The number of nitro groups is 3. The van der Waals surface area contributed by atoms with Gasteiger partial charge in [0.15, 0.2) is 16.2 Å². The molecule has 18 heavy (non-hydrogen) atoms. The summed E-state index contributed by atoms with van der Waals surface area (Å²) in [5.41, 5.74) is -2.14. The van der Waals surface area contributed by atoms with Crippen molar-refractivity contribution >= 4 is 22.4 Å². The molecule has 2 aromatic rings. The number of rotatable bonds is 3. The van der Waals surface area contributed by atoms with Gasteiger partial charge in [-0.05, 0) is 5.10 Å². The highest BCUT2D eigenvalue weighted by molar-refractivity contribution is 5.81. The Labute approximate surface area is 95.8 Å². The van der Waals surface area contributed by atoms with Crippen LogP contribution in [0, 0.1) is 30.3 Å². The molecule has 0 bridgehead atoms. The smallest absolute Gasteiger partial charge is 0.339 e. The fourth-order valence-electron chi connectivity index (χ4n) is 1.35. The zero-order chi connectivity index (χ0) is 13.4. The number of hydrogen-bond donors (Lipinski definition) is 0. The summed E-state index contributed by atoms with van der Waals surface area (Å²) >= 11 is 0. The maximum absolute atomic E-state index is 10.7. The summed E-state index contributed by atoms with van der Waals surface area (Å²) < 4.78 is 0. The molecule has 0 spiro atoms. The van der Waals surface area contributed by atoms with Crippen molar-refractivity contribution in [3.8, 4) is 0 Å². The van der Waals surface area contributed by atoms with Crippen LogP contribution in [0.4, 0.5) is 11.4 Å². The van der Waals surface area contributed by atoms with Gasteiger partial charge in [0, 0.05) is 0 Å². The summed E-state index contributed by atoms with van der Waals surface area (Å²) in [5, 5.41) is 37.3. The van der Waals surface area contributed by atoms with Crippen LogP contribution >= 0.6 is 0 Å². The molecule has 0 atom stereocenters. The Bertz CT molecular complexity index is 691. The van der Waals surface area contributed by atoms with Gasteiger partial charge < -0.3 is 10.1 Å². The first-order valence-corrected chi connectivity index (χ1v) is 4.24. The predicted octanol–water partition coefficient (Wildman–Crippen LogP) is 0.287. The Balaban J connectivity index is 2.83. The second-order valence-corrected chi connectivity index (χ2v) is 3.06. The van der Waals surface area contributed by atoms with Crippen LogP contribution in [0.1, 0.15) is 0 Å². The van der Waals surface area contributed by atoms with Crippen molar-refractivity contribution in [2.75, 3.05) is 0 Å². The van der Waals surface area contributed by atoms with Crippen molar-refractivity contribution in [3.05, 3.63) is 42.5 Å². The first-order chi connectivity index (χ1) is 8.41. The van der Waals surface area contributed by atoms with E-state index in [0.29, 0.717) is 6.07 Å². The van der Waals surface area contributed by atoms with Gasteiger partial charge in [-0.15, -0.1) is 0 Å². The lowest BCUT2D eigenvalue weighted by Crippen LogP contribution is -2.10. The van der Waals surface area contributed by atoms with E-state index in [0.717, 1.165) is 6.07 Å². The molecule has 0 radical (unpaired) electrons. The van der Waals surface area contributed by atoms with Crippen LogP contribution in [0.3, 0.4) is 0 Å². The van der Waals surface area contributed by atoms with Crippen LogP contribution < -0.4 is 0 Å². The highest BCUT2D eigenvalue weighted by Crippen LogP contribution is 2.30. The third-order valence-corrected chi connectivity index (χ3v) is 2.07. The molecule has 1 aromatic heterocycles. The second-order valence-electron chi connectivity index (χ2n) is 3.06. The zero-order valence-corrected chi connectivity index (χ0v) is 8.29. The minimum Gasteiger partial charge on any atom is -0.339 e. The molecule has 0 saturated carbocycles. The monoisotopic (exact) mass is 254 g/mol. The maximum Gasteiger partial charge on any atom is 0.348 e. The lowest BCUT2D eigenvalue weighted by Gasteiger charge is -1.95. The summed E-state index contributed by atoms with van der Waals surface area (Å²) in [6.07, 6.45) is 0. The predicted molar refractivity (Wildman–Crippen MR) is 53.2 cm³/mol. The molecule has 0 aliphatic heterocycles. The molecular weight excluding hydrogens is 252 g/mol. The molecule has 12 heteroatoms. The lowest BCUT2D eigenvalue weighted by molar-refractivity contribution is -0.549. The lowest BCUT2D eigenvalue weighted by atomic mass is 10.2. The van der Waals surface area contributed by atoms with Gasteiger partial charge in [0.25, 0.3) is 0 Å². The Kier molecular flexibility index (Phi) is 2.32. The van der Waals surface area contributed by atoms with E-state index >= 15 is 0 Å². The molecule has 0 fully saturated rings. The molecular formula is C6H2N6O6. The average molecular weight is 254 g/mol. The van der Waals surface area contributed by atoms with Crippen molar-refractivity contribution in [3.63, 3.8) is 0 Å². The topological polar surface area (TPSA) is 160 Å². The summed E-state index contributed by atoms with van der Waals surface area (Å²) in [7, 11) is 0. The third-order valence-electron chi connectivity index (χ3n) is 2.07. The van der Waals surface area contributed by atoms with E-state index in [1.54, 1.807) is 0 Å². The molecule has 0 N–H and O–H groups in total. The van der Waals surface area contributed by atoms with Gasteiger partial charge in [0.1, 0.15) is 0 Å². The maximum atomic E-state index is 10.7. The van der Waals surface area contributed by atoms with E-state index in [4.69, 9.17) is 0 Å². The quantitative estimate of drug-likeness (QED) is 0.557. The van der Waals surface area contributed by atoms with E-state index in [2.05, 4.69) is 10.3 Å². The standard InChI is InChI=1S/C6H2N6O6/c13-10(14)5-1-3-4(2-6(5)11(15)16)9(8-7-3)12(17)18/h1-2H. The highest BCUT2D eigenvalue weighted by Gasteiger charge is 2.29. The third kappa shape index (κ3) is 1.57. The largest absolute Gasteiger partial charge is 0.348 e. The molecule has 0 aliphatic carbocycles. The number of nitrogens with zero attached hydrogens (tertiary/aromatic N) is 6. The van der Waals surface area contributed by atoms with Crippen LogP contribution in [-0.4, -0.2) is 30.0 Å². The molecule has 0 aliphatic rings. The van der Waals surface area contributed by atoms with E-state index in [1.165, 1.54) is 0 Å². The van der Waals surface area contributed by atoms with Gasteiger partial charge in [-0.1, -0.05) is 0 Å². The molecule has 92 valence electrons.